The molecule has 0 fully saturated rings. The van der Waals surface area contributed by atoms with Crippen molar-refractivity contribution < 1.29 is 9.53 Å². The van der Waals surface area contributed by atoms with Crippen molar-refractivity contribution in [2.45, 2.75) is 6.92 Å². The number of anilines is 1. The molecule has 0 bridgehead atoms. The van der Waals surface area contributed by atoms with Crippen molar-refractivity contribution in [3.05, 3.63) is 11.4 Å². The number of carbonyl (C=O) groups is 1. The SMILES string of the molecule is CC(=O)Oc1ccsc1N. The average molecular weight is 157 g/mol. The maximum atomic E-state index is 10.4. The van der Waals surface area contributed by atoms with E-state index in [-0.39, 0.29) is 5.97 Å². The van der Waals surface area contributed by atoms with E-state index in [2.05, 4.69) is 0 Å². The molecule has 0 radical (unpaired) electrons. The summed E-state index contributed by atoms with van der Waals surface area (Å²) in [5.74, 6) is 0.114. The molecule has 0 spiro atoms. The molecule has 2 N–H and O–H groups in total. The Morgan fingerprint density at radius 3 is 2.90 bits per heavy atom. The van der Waals surface area contributed by atoms with Gasteiger partial charge in [-0.3, -0.25) is 4.79 Å². The first-order chi connectivity index (χ1) is 4.70. The van der Waals surface area contributed by atoms with Gasteiger partial charge < -0.3 is 10.5 Å². The molecule has 3 nitrogen and oxygen atoms in total. The van der Waals surface area contributed by atoms with Crippen LogP contribution in [0.15, 0.2) is 11.4 Å². The summed E-state index contributed by atoms with van der Waals surface area (Å²) < 4.78 is 4.73. The van der Waals surface area contributed by atoms with Crippen molar-refractivity contribution in [1.82, 2.24) is 0 Å². The second kappa shape index (κ2) is 2.70. The van der Waals surface area contributed by atoms with Gasteiger partial charge in [0.1, 0.15) is 5.00 Å². The lowest BCUT2D eigenvalue weighted by Gasteiger charge is -1.96. The molecule has 0 aliphatic heterocycles. The van der Waals surface area contributed by atoms with Gasteiger partial charge in [-0.2, -0.15) is 0 Å². The van der Waals surface area contributed by atoms with Crippen molar-refractivity contribution in [1.29, 1.82) is 0 Å². The van der Waals surface area contributed by atoms with E-state index in [0.29, 0.717) is 10.8 Å². The lowest BCUT2D eigenvalue weighted by atomic mass is 10.5. The number of nitrogen functional groups attached to an aromatic ring is 1. The number of rotatable bonds is 1. The predicted octanol–water partition coefficient (Wildman–Crippen LogP) is 1.26. The molecular weight excluding hydrogens is 150 g/mol. The van der Waals surface area contributed by atoms with Gasteiger partial charge in [0.2, 0.25) is 0 Å². The minimum absolute atomic E-state index is 0.342. The molecule has 1 rings (SSSR count). The second-order valence-electron chi connectivity index (χ2n) is 1.74. The van der Waals surface area contributed by atoms with Crippen molar-refractivity contribution in [2.24, 2.45) is 0 Å². The third-order valence-electron chi connectivity index (χ3n) is 0.911. The molecule has 0 aromatic carbocycles. The monoisotopic (exact) mass is 157 g/mol. The molecule has 10 heavy (non-hydrogen) atoms. The fraction of sp³-hybridized carbons (Fsp3) is 0.167. The van der Waals surface area contributed by atoms with Crippen LogP contribution >= 0.6 is 11.3 Å². The Morgan fingerprint density at radius 2 is 2.50 bits per heavy atom. The van der Waals surface area contributed by atoms with Gasteiger partial charge in [-0.1, -0.05) is 0 Å². The van der Waals surface area contributed by atoms with Crippen molar-refractivity contribution in [3.63, 3.8) is 0 Å². The molecule has 0 saturated heterocycles. The van der Waals surface area contributed by atoms with Crippen LogP contribution in [0.2, 0.25) is 0 Å². The molecule has 54 valence electrons. The van der Waals surface area contributed by atoms with E-state index in [1.54, 1.807) is 11.4 Å². The number of thiophene rings is 1. The molecule has 0 atom stereocenters. The quantitative estimate of drug-likeness (QED) is 0.624. The van der Waals surface area contributed by atoms with E-state index in [0.717, 1.165) is 0 Å². The van der Waals surface area contributed by atoms with Crippen molar-refractivity contribution in [2.75, 3.05) is 5.73 Å². The molecule has 4 heteroatoms. The van der Waals surface area contributed by atoms with Crippen LogP contribution < -0.4 is 10.5 Å². The molecule has 0 saturated carbocycles. The maximum Gasteiger partial charge on any atom is 0.308 e. The Labute approximate surface area is 62.4 Å². The number of ether oxygens (including phenoxy) is 1. The smallest absolute Gasteiger partial charge is 0.308 e. The number of carbonyl (C=O) groups excluding carboxylic acids is 1. The molecule has 0 amide bonds. The normalized spacial score (nSPS) is 9.30. The number of hydrogen-bond acceptors (Lipinski definition) is 4. The zero-order valence-corrected chi connectivity index (χ0v) is 6.27. The molecule has 1 aromatic heterocycles. The van der Waals surface area contributed by atoms with Crippen LogP contribution in [0.3, 0.4) is 0 Å². The van der Waals surface area contributed by atoms with E-state index in [1.165, 1.54) is 18.3 Å². The topological polar surface area (TPSA) is 52.3 Å². The van der Waals surface area contributed by atoms with Gasteiger partial charge in [-0.05, 0) is 11.4 Å². The summed E-state index contributed by atoms with van der Waals surface area (Å²) in [7, 11) is 0. The highest BCUT2D eigenvalue weighted by Crippen LogP contribution is 2.26. The Balaban J connectivity index is 2.74. The van der Waals surface area contributed by atoms with E-state index in [1.807, 2.05) is 0 Å². The lowest BCUT2D eigenvalue weighted by Crippen LogP contribution is -2.01. The van der Waals surface area contributed by atoms with Gasteiger partial charge in [0.05, 0.1) is 0 Å². The fourth-order valence-electron chi connectivity index (χ4n) is 0.548. The highest BCUT2D eigenvalue weighted by atomic mass is 32.1. The van der Waals surface area contributed by atoms with Gasteiger partial charge in [0.25, 0.3) is 0 Å². The standard InChI is InChI=1S/C6H7NO2S/c1-4(8)9-5-2-3-10-6(5)7/h2-3H,7H2,1H3. The van der Waals surface area contributed by atoms with Crippen LogP contribution in [0.25, 0.3) is 0 Å². The Hall–Kier alpha value is -1.03. The van der Waals surface area contributed by atoms with Gasteiger partial charge in [0, 0.05) is 6.92 Å². The van der Waals surface area contributed by atoms with Crippen LogP contribution in [0.5, 0.6) is 5.75 Å². The molecular formula is C6H7NO2S. The third kappa shape index (κ3) is 1.48. The average Bonchev–Trinajstić information content (AvgIpc) is 2.15. The molecule has 0 aliphatic rings. The first-order valence-corrected chi connectivity index (χ1v) is 3.59. The first-order valence-electron chi connectivity index (χ1n) is 2.71. The van der Waals surface area contributed by atoms with E-state index in [9.17, 15) is 4.79 Å². The van der Waals surface area contributed by atoms with Crippen molar-refractivity contribution in [3.8, 4) is 5.75 Å². The summed E-state index contributed by atoms with van der Waals surface area (Å²) in [6, 6.07) is 1.67. The molecule has 1 aromatic rings. The number of esters is 1. The Bertz CT molecular complexity index is 244. The molecule has 1 heterocycles. The summed E-state index contributed by atoms with van der Waals surface area (Å²) in [5, 5.41) is 2.31. The van der Waals surface area contributed by atoms with Gasteiger partial charge in [-0.25, -0.2) is 0 Å². The lowest BCUT2D eigenvalue weighted by molar-refractivity contribution is -0.131. The van der Waals surface area contributed by atoms with Gasteiger partial charge >= 0.3 is 5.97 Å². The third-order valence-corrected chi connectivity index (χ3v) is 1.64. The van der Waals surface area contributed by atoms with E-state index < -0.39 is 0 Å². The summed E-state index contributed by atoms with van der Waals surface area (Å²) in [5.41, 5.74) is 5.43. The largest absolute Gasteiger partial charge is 0.424 e. The van der Waals surface area contributed by atoms with Crippen LogP contribution in [0, 0.1) is 0 Å². The number of nitrogens with two attached hydrogens (primary N) is 1. The van der Waals surface area contributed by atoms with Crippen LogP contribution in [-0.4, -0.2) is 5.97 Å². The minimum atomic E-state index is -0.342. The summed E-state index contributed by atoms with van der Waals surface area (Å²) in [6.45, 7) is 1.34. The summed E-state index contributed by atoms with van der Waals surface area (Å²) in [6.07, 6.45) is 0. The molecule has 0 unspecified atom stereocenters. The molecule has 0 aliphatic carbocycles. The van der Waals surface area contributed by atoms with Gasteiger partial charge in [-0.15, -0.1) is 11.3 Å². The summed E-state index contributed by atoms with van der Waals surface area (Å²) >= 11 is 1.35. The van der Waals surface area contributed by atoms with Crippen LogP contribution in [-0.2, 0) is 4.79 Å². The zero-order valence-electron chi connectivity index (χ0n) is 5.46. The number of hydrogen-bond donors (Lipinski definition) is 1. The van der Waals surface area contributed by atoms with Crippen LogP contribution in [0.1, 0.15) is 6.92 Å². The van der Waals surface area contributed by atoms with Crippen molar-refractivity contribution >= 4 is 22.3 Å². The maximum absolute atomic E-state index is 10.4. The Morgan fingerprint density at radius 1 is 1.80 bits per heavy atom. The zero-order chi connectivity index (χ0) is 7.56. The fourth-order valence-corrected chi connectivity index (χ4v) is 1.11. The minimum Gasteiger partial charge on any atom is -0.424 e. The van der Waals surface area contributed by atoms with E-state index in [4.69, 9.17) is 10.5 Å². The van der Waals surface area contributed by atoms with Gasteiger partial charge in [0.15, 0.2) is 5.75 Å². The second-order valence-corrected chi connectivity index (χ2v) is 2.69. The van der Waals surface area contributed by atoms with E-state index >= 15 is 0 Å². The highest BCUT2D eigenvalue weighted by molar-refractivity contribution is 7.14. The Kier molecular flexibility index (Phi) is 1.91. The summed E-state index contributed by atoms with van der Waals surface area (Å²) in [4.78, 5) is 10.4. The first kappa shape index (κ1) is 7.08. The van der Waals surface area contributed by atoms with Crippen LogP contribution in [0.4, 0.5) is 5.00 Å². The highest BCUT2D eigenvalue weighted by Gasteiger charge is 2.02. The predicted molar refractivity (Wildman–Crippen MR) is 40.0 cm³/mol.